The first-order valence-electron chi connectivity index (χ1n) is 8.43. The van der Waals surface area contributed by atoms with Crippen molar-refractivity contribution in [2.75, 3.05) is 24.5 Å². The Hall–Kier alpha value is -1.40. The molecule has 1 aliphatic carbocycles. The SMILES string of the molecule is C[C@@H]1C[C@H]1C(=O)N1CCc2ccc(S(=O)(=O)N3CCCC3)cc21. The number of hydrogen-bond acceptors (Lipinski definition) is 3. The van der Waals surface area contributed by atoms with E-state index in [0.717, 1.165) is 36.9 Å². The lowest BCUT2D eigenvalue weighted by Crippen LogP contribution is -2.31. The Balaban J connectivity index is 1.66. The normalized spacial score (nSPS) is 27.3. The van der Waals surface area contributed by atoms with Crippen LogP contribution in [0.1, 0.15) is 31.7 Å². The van der Waals surface area contributed by atoms with E-state index in [2.05, 4.69) is 6.92 Å². The highest BCUT2D eigenvalue weighted by atomic mass is 32.2. The molecule has 0 aromatic heterocycles. The van der Waals surface area contributed by atoms with Crippen LogP contribution in [0.4, 0.5) is 5.69 Å². The summed E-state index contributed by atoms with van der Waals surface area (Å²) >= 11 is 0. The molecule has 2 aliphatic heterocycles. The van der Waals surface area contributed by atoms with Crippen molar-refractivity contribution >= 4 is 21.6 Å². The van der Waals surface area contributed by atoms with Gasteiger partial charge in [-0.2, -0.15) is 4.31 Å². The molecular formula is C17H22N2O3S. The minimum Gasteiger partial charge on any atom is -0.312 e. The number of nitrogens with zero attached hydrogens (tertiary/aromatic N) is 2. The van der Waals surface area contributed by atoms with Crippen molar-refractivity contribution in [2.45, 2.75) is 37.5 Å². The minimum absolute atomic E-state index is 0.125. The van der Waals surface area contributed by atoms with Gasteiger partial charge in [0, 0.05) is 31.2 Å². The highest BCUT2D eigenvalue weighted by Gasteiger charge is 2.43. The van der Waals surface area contributed by atoms with Gasteiger partial charge in [0.15, 0.2) is 0 Å². The maximum Gasteiger partial charge on any atom is 0.243 e. The van der Waals surface area contributed by atoms with Crippen molar-refractivity contribution in [3.63, 3.8) is 0 Å². The standard InChI is InChI=1S/C17H22N2O3S/c1-12-10-15(12)17(20)19-9-6-13-4-5-14(11-16(13)19)23(21,22)18-7-2-3-8-18/h4-5,11-12,15H,2-3,6-10H2,1H3/t12-,15-/m1/s1. The van der Waals surface area contributed by atoms with Crippen LogP contribution in [0.2, 0.25) is 0 Å². The zero-order chi connectivity index (χ0) is 16.2. The Labute approximate surface area is 137 Å². The van der Waals surface area contributed by atoms with E-state index in [1.54, 1.807) is 21.3 Å². The van der Waals surface area contributed by atoms with Gasteiger partial charge in [0.1, 0.15) is 0 Å². The molecule has 4 rings (SSSR count). The quantitative estimate of drug-likeness (QED) is 0.850. The summed E-state index contributed by atoms with van der Waals surface area (Å²) in [6.45, 7) is 3.96. The predicted molar refractivity (Wildman–Crippen MR) is 87.8 cm³/mol. The number of sulfonamides is 1. The molecule has 5 nitrogen and oxygen atoms in total. The van der Waals surface area contributed by atoms with E-state index >= 15 is 0 Å². The molecule has 2 fully saturated rings. The van der Waals surface area contributed by atoms with Crippen LogP contribution in [0.3, 0.4) is 0 Å². The van der Waals surface area contributed by atoms with Crippen LogP contribution in [-0.2, 0) is 21.2 Å². The lowest BCUT2D eigenvalue weighted by molar-refractivity contribution is -0.119. The van der Waals surface area contributed by atoms with Gasteiger partial charge >= 0.3 is 0 Å². The second kappa shape index (κ2) is 5.31. The molecule has 23 heavy (non-hydrogen) atoms. The molecule has 0 bridgehead atoms. The van der Waals surface area contributed by atoms with Crippen molar-refractivity contribution in [2.24, 2.45) is 11.8 Å². The fourth-order valence-electron chi connectivity index (χ4n) is 3.69. The molecule has 0 radical (unpaired) electrons. The van der Waals surface area contributed by atoms with Crippen LogP contribution >= 0.6 is 0 Å². The number of amides is 1. The fourth-order valence-corrected chi connectivity index (χ4v) is 5.23. The van der Waals surface area contributed by atoms with Gasteiger partial charge in [0.05, 0.1) is 4.90 Å². The van der Waals surface area contributed by atoms with Gasteiger partial charge in [-0.15, -0.1) is 0 Å². The van der Waals surface area contributed by atoms with Gasteiger partial charge in [-0.25, -0.2) is 8.42 Å². The fraction of sp³-hybridized carbons (Fsp3) is 0.588. The Bertz CT molecular complexity index is 753. The zero-order valence-electron chi connectivity index (χ0n) is 13.4. The third-order valence-corrected chi connectivity index (χ3v) is 7.24. The van der Waals surface area contributed by atoms with Crippen molar-refractivity contribution in [1.29, 1.82) is 0 Å². The molecule has 1 saturated carbocycles. The maximum absolute atomic E-state index is 12.7. The van der Waals surface area contributed by atoms with Crippen LogP contribution in [0.25, 0.3) is 0 Å². The summed E-state index contributed by atoms with van der Waals surface area (Å²) in [5.41, 5.74) is 1.88. The molecule has 0 spiro atoms. The molecule has 6 heteroatoms. The molecule has 1 amide bonds. The average Bonchev–Trinajstić information content (AvgIpc) is 3.00. The van der Waals surface area contributed by atoms with Gasteiger partial charge in [-0.1, -0.05) is 13.0 Å². The summed E-state index contributed by atoms with van der Waals surface area (Å²) < 4.78 is 27.0. The van der Waals surface area contributed by atoms with E-state index in [-0.39, 0.29) is 11.8 Å². The Morgan fingerprint density at radius 2 is 1.87 bits per heavy atom. The smallest absolute Gasteiger partial charge is 0.243 e. The van der Waals surface area contributed by atoms with Crippen molar-refractivity contribution < 1.29 is 13.2 Å². The van der Waals surface area contributed by atoms with E-state index in [0.29, 0.717) is 30.4 Å². The van der Waals surface area contributed by atoms with Crippen molar-refractivity contribution in [1.82, 2.24) is 4.31 Å². The van der Waals surface area contributed by atoms with Crippen LogP contribution in [0.15, 0.2) is 23.1 Å². The number of anilines is 1. The molecule has 0 unspecified atom stereocenters. The van der Waals surface area contributed by atoms with Gasteiger partial charge in [0.25, 0.3) is 0 Å². The first-order valence-corrected chi connectivity index (χ1v) is 9.87. The molecule has 1 aromatic rings. The lowest BCUT2D eigenvalue weighted by atomic mass is 10.2. The van der Waals surface area contributed by atoms with Crippen LogP contribution in [-0.4, -0.2) is 38.3 Å². The molecule has 2 heterocycles. The predicted octanol–water partition coefficient (Wildman–Crippen LogP) is 2.02. The molecular weight excluding hydrogens is 312 g/mol. The van der Waals surface area contributed by atoms with Crippen LogP contribution in [0, 0.1) is 11.8 Å². The zero-order valence-corrected chi connectivity index (χ0v) is 14.2. The van der Waals surface area contributed by atoms with E-state index in [1.807, 2.05) is 6.07 Å². The second-order valence-corrected chi connectivity index (χ2v) is 8.90. The number of fused-ring (bicyclic) bond motifs is 1. The summed E-state index contributed by atoms with van der Waals surface area (Å²) in [6.07, 6.45) is 3.62. The van der Waals surface area contributed by atoms with Crippen LogP contribution < -0.4 is 4.90 Å². The lowest BCUT2D eigenvalue weighted by Gasteiger charge is -2.20. The molecule has 2 atom stereocenters. The monoisotopic (exact) mass is 334 g/mol. The van der Waals surface area contributed by atoms with Crippen molar-refractivity contribution in [3.8, 4) is 0 Å². The maximum atomic E-state index is 12.7. The van der Waals surface area contributed by atoms with Crippen LogP contribution in [0.5, 0.6) is 0 Å². The highest BCUT2D eigenvalue weighted by Crippen LogP contribution is 2.42. The second-order valence-electron chi connectivity index (χ2n) is 6.96. The van der Waals surface area contributed by atoms with Gasteiger partial charge in [-0.3, -0.25) is 4.79 Å². The molecule has 1 aromatic carbocycles. The summed E-state index contributed by atoms with van der Waals surface area (Å²) in [4.78, 5) is 14.7. The van der Waals surface area contributed by atoms with Gasteiger partial charge in [0.2, 0.25) is 15.9 Å². The Morgan fingerprint density at radius 1 is 1.17 bits per heavy atom. The number of carbonyl (C=O) groups excluding carboxylic acids is 1. The van der Waals surface area contributed by atoms with E-state index in [9.17, 15) is 13.2 Å². The molecule has 1 saturated heterocycles. The minimum atomic E-state index is -3.43. The van der Waals surface area contributed by atoms with E-state index in [4.69, 9.17) is 0 Å². The average molecular weight is 334 g/mol. The summed E-state index contributed by atoms with van der Waals surface area (Å²) in [5, 5.41) is 0. The Kier molecular flexibility index (Phi) is 3.50. The number of benzene rings is 1. The van der Waals surface area contributed by atoms with E-state index in [1.165, 1.54) is 0 Å². The van der Waals surface area contributed by atoms with Gasteiger partial charge < -0.3 is 4.90 Å². The third-order valence-electron chi connectivity index (χ3n) is 5.35. The first kappa shape index (κ1) is 15.1. The molecule has 0 N–H and O–H groups in total. The third kappa shape index (κ3) is 2.48. The Morgan fingerprint density at radius 3 is 2.52 bits per heavy atom. The molecule has 3 aliphatic rings. The number of carbonyl (C=O) groups is 1. The molecule has 124 valence electrons. The van der Waals surface area contributed by atoms with Gasteiger partial charge in [-0.05, 0) is 49.3 Å². The number of rotatable bonds is 3. The summed E-state index contributed by atoms with van der Waals surface area (Å²) in [5.74, 6) is 0.745. The highest BCUT2D eigenvalue weighted by molar-refractivity contribution is 7.89. The van der Waals surface area contributed by atoms with Crippen molar-refractivity contribution in [3.05, 3.63) is 23.8 Å². The topological polar surface area (TPSA) is 57.7 Å². The van der Waals surface area contributed by atoms with E-state index < -0.39 is 10.0 Å². The first-order chi connectivity index (χ1) is 11.0. The summed E-state index contributed by atoms with van der Waals surface area (Å²) in [6, 6.07) is 5.28. The number of hydrogen-bond donors (Lipinski definition) is 0. The largest absolute Gasteiger partial charge is 0.312 e. The summed E-state index contributed by atoms with van der Waals surface area (Å²) in [7, 11) is -3.43.